The molecule has 9 nitrogen and oxygen atoms in total. The van der Waals surface area contributed by atoms with Crippen molar-refractivity contribution in [2.45, 2.75) is 38.3 Å². The highest BCUT2D eigenvalue weighted by molar-refractivity contribution is 7.10. The van der Waals surface area contributed by atoms with Crippen molar-refractivity contribution in [3.05, 3.63) is 61.8 Å². The average molecular weight is 449 g/mol. The van der Waals surface area contributed by atoms with Crippen LogP contribution in [0.25, 0.3) is 16.7 Å². The van der Waals surface area contributed by atoms with E-state index in [1.54, 1.807) is 22.8 Å². The number of aromatic nitrogens is 4. The summed E-state index contributed by atoms with van der Waals surface area (Å²) in [5.74, 6) is 0.524. The van der Waals surface area contributed by atoms with Crippen LogP contribution in [0.15, 0.2) is 34.4 Å². The van der Waals surface area contributed by atoms with Crippen molar-refractivity contribution in [2.75, 3.05) is 0 Å². The van der Waals surface area contributed by atoms with Crippen LogP contribution in [0.1, 0.15) is 34.7 Å². The number of rotatable bonds is 2. The number of nitrogens with one attached hydrogen (secondary N) is 1. The van der Waals surface area contributed by atoms with Gasteiger partial charge in [-0.2, -0.15) is 0 Å². The summed E-state index contributed by atoms with van der Waals surface area (Å²) in [6.07, 6.45) is 2.34. The van der Waals surface area contributed by atoms with Crippen LogP contribution in [0.3, 0.4) is 0 Å². The number of hydrogen-bond donors (Lipinski definition) is 1. The van der Waals surface area contributed by atoms with Crippen molar-refractivity contribution in [3.63, 3.8) is 0 Å². The van der Waals surface area contributed by atoms with Crippen molar-refractivity contribution >= 4 is 40.0 Å². The molecule has 1 atom stereocenters. The second-order valence-electron chi connectivity index (χ2n) is 8.47. The smallest absolute Gasteiger partial charge is 0.319 e. The minimum Gasteiger partial charge on any atom is -0.319 e. The van der Waals surface area contributed by atoms with Crippen LogP contribution >= 0.6 is 11.3 Å². The lowest BCUT2D eigenvalue weighted by molar-refractivity contribution is -0.132. The van der Waals surface area contributed by atoms with E-state index in [9.17, 15) is 14.4 Å². The van der Waals surface area contributed by atoms with Crippen LogP contribution < -0.4 is 10.9 Å². The molecule has 6 rings (SSSR count). The van der Waals surface area contributed by atoms with Gasteiger partial charge in [0.25, 0.3) is 11.5 Å². The number of amides is 3. The topological polar surface area (TPSA) is 102 Å². The lowest BCUT2D eigenvalue weighted by Gasteiger charge is -2.31. The van der Waals surface area contributed by atoms with E-state index in [4.69, 9.17) is 0 Å². The molecule has 0 bridgehead atoms. The Morgan fingerprint density at radius 2 is 2.03 bits per heavy atom. The van der Waals surface area contributed by atoms with Gasteiger partial charge in [-0.25, -0.2) is 4.79 Å². The van der Waals surface area contributed by atoms with Gasteiger partial charge in [0, 0.05) is 17.5 Å². The Balaban J connectivity index is 1.47. The van der Waals surface area contributed by atoms with Crippen molar-refractivity contribution < 1.29 is 9.59 Å². The molecule has 1 unspecified atom stereocenters. The summed E-state index contributed by atoms with van der Waals surface area (Å²) < 4.78 is 3.18. The molecule has 4 heterocycles. The Labute approximate surface area is 186 Å². The predicted molar refractivity (Wildman–Crippen MR) is 118 cm³/mol. The summed E-state index contributed by atoms with van der Waals surface area (Å²) in [4.78, 5) is 41.7. The number of carbonyl (C=O) groups excluding carboxylic acids is 2. The van der Waals surface area contributed by atoms with Crippen molar-refractivity contribution in [3.8, 4) is 0 Å². The van der Waals surface area contributed by atoms with Crippen LogP contribution in [0.2, 0.25) is 0 Å². The van der Waals surface area contributed by atoms with Gasteiger partial charge >= 0.3 is 6.03 Å². The maximum atomic E-state index is 13.6. The summed E-state index contributed by atoms with van der Waals surface area (Å²) in [6, 6.07) is 7.09. The number of fused-ring (bicyclic) bond motifs is 5. The Morgan fingerprint density at radius 1 is 1.19 bits per heavy atom. The SMILES string of the molecule is Cc1ccc2c(c1)c(=O)n(C)c1nnc(CN3C(=O)NC4(CCCc5sccc54)C3=O)n21. The monoisotopic (exact) mass is 448 g/mol. The molecule has 1 aliphatic carbocycles. The number of aryl methyl sites for hydroxylation is 3. The molecule has 1 aromatic carbocycles. The maximum absolute atomic E-state index is 13.6. The van der Waals surface area contributed by atoms with Crippen molar-refractivity contribution in [2.24, 2.45) is 7.05 Å². The number of thiophene rings is 1. The Morgan fingerprint density at radius 3 is 2.88 bits per heavy atom. The number of urea groups is 1. The van der Waals surface area contributed by atoms with Gasteiger partial charge in [-0.3, -0.25) is 23.5 Å². The van der Waals surface area contributed by atoms with Gasteiger partial charge in [-0.15, -0.1) is 21.5 Å². The van der Waals surface area contributed by atoms with Gasteiger partial charge < -0.3 is 5.32 Å². The molecule has 10 heteroatoms. The van der Waals surface area contributed by atoms with Crippen LogP contribution in [0.5, 0.6) is 0 Å². The molecule has 1 spiro atoms. The molecule has 1 N–H and O–H groups in total. The Bertz CT molecular complexity index is 1520. The van der Waals surface area contributed by atoms with Gasteiger partial charge in [-0.05, 0) is 49.8 Å². The van der Waals surface area contributed by atoms with E-state index < -0.39 is 11.6 Å². The summed E-state index contributed by atoms with van der Waals surface area (Å²) in [7, 11) is 1.64. The van der Waals surface area contributed by atoms with Crippen LogP contribution in [0.4, 0.5) is 4.79 Å². The first kappa shape index (κ1) is 19.2. The molecule has 4 aromatic rings. The second kappa shape index (κ2) is 6.49. The van der Waals surface area contributed by atoms with E-state index in [0.717, 1.165) is 28.8 Å². The van der Waals surface area contributed by atoms with Crippen LogP contribution in [-0.2, 0) is 30.3 Å². The highest BCUT2D eigenvalue weighted by Crippen LogP contribution is 2.42. The second-order valence-corrected chi connectivity index (χ2v) is 9.47. The first-order chi connectivity index (χ1) is 15.4. The van der Waals surface area contributed by atoms with Gasteiger partial charge in [0.1, 0.15) is 5.54 Å². The Kier molecular flexibility index (Phi) is 3.89. The maximum Gasteiger partial charge on any atom is 0.325 e. The standard InChI is InChI=1S/C22H20N6O3S/c1-12-5-6-15-13(10-12)18(29)26(2)20-25-24-17(28(15)20)11-27-19(30)22(23-21(27)31)8-3-4-16-14(22)7-9-32-16/h5-7,9-10H,3-4,8,11H2,1-2H3,(H,23,31). The zero-order chi connectivity index (χ0) is 22.2. The summed E-state index contributed by atoms with van der Waals surface area (Å²) in [5, 5.41) is 13.9. The van der Waals surface area contributed by atoms with Crippen LogP contribution in [0, 0.1) is 6.92 Å². The lowest BCUT2D eigenvalue weighted by Crippen LogP contribution is -2.46. The molecular weight excluding hydrogens is 428 g/mol. The zero-order valence-corrected chi connectivity index (χ0v) is 18.4. The van der Waals surface area contributed by atoms with Gasteiger partial charge in [0.15, 0.2) is 5.82 Å². The Hall–Kier alpha value is -3.53. The number of carbonyl (C=O) groups is 2. The van der Waals surface area contributed by atoms with Crippen molar-refractivity contribution in [1.82, 2.24) is 29.4 Å². The molecule has 0 saturated carbocycles. The zero-order valence-electron chi connectivity index (χ0n) is 17.6. The summed E-state index contributed by atoms with van der Waals surface area (Å²) >= 11 is 1.62. The third-order valence-electron chi connectivity index (χ3n) is 6.58. The fourth-order valence-corrected chi connectivity index (χ4v) is 5.99. The minimum atomic E-state index is -1.00. The molecule has 32 heavy (non-hydrogen) atoms. The first-order valence-corrected chi connectivity index (χ1v) is 11.3. The van der Waals surface area contributed by atoms with Crippen LogP contribution in [-0.4, -0.2) is 36.0 Å². The van der Waals surface area contributed by atoms with E-state index >= 15 is 0 Å². The fourth-order valence-electron chi connectivity index (χ4n) is 4.99. The van der Waals surface area contributed by atoms with Gasteiger partial charge in [0.2, 0.25) is 5.78 Å². The normalized spacial score (nSPS) is 20.5. The third-order valence-corrected chi connectivity index (χ3v) is 7.56. The highest BCUT2D eigenvalue weighted by Gasteiger charge is 2.54. The molecule has 1 fully saturated rings. The number of benzene rings is 1. The molecular formula is C22H20N6O3S. The quantitative estimate of drug-likeness (QED) is 0.474. The predicted octanol–water partition coefficient (Wildman–Crippen LogP) is 2.23. The molecule has 0 radical (unpaired) electrons. The molecule has 3 amide bonds. The summed E-state index contributed by atoms with van der Waals surface area (Å²) in [6.45, 7) is 1.89. The highest BCUT2D eigenvalue weighted by atomic mass is 32.1. The fraction of sp³-hybridized carbons (Fsp3) is 0.318. The third kappa shape index (κ3) is 2.41. The molecule has 2 aliphatic rings. The van der Waals surface area contributed by atoms with E-state index in [-0.39, 0.29) is 18.0 Å². The first-order valence-electron chi connectivity index (χ1n) is 10.4. The lowest BCUT2D eigenvalue weighted by atomic mass is 9.80. The largest absolute Gasteiger partial charge is 0.325 e. The average Bonchev–Trinajstić information content (AvgIpc) is 3.47. The number of hydrogen-bond acceptors (Lipinski definition) is 6. The molecule has 3 aromatic heterocycles. The van der Waals surface area contributed by atoms with E-state index in [0.29, 0.717) is 28.9 Å². The number of nitrogens with zero attached hydrogens (tertiary/aromatic N) is 5. The van der Waals surface area contributed by atoms with E-state index in [1.165, 1.54) is 9.47 Å². The van der Waals surface area contributed by atoms with Crippen molar-refractivity contribution in [1.29, 1.82) is 0 Å². The van der Waals surface area contributed by atoms with E-state index in [2.05, 4.69) is 15.5 Å². The molecule has 162 valence electrons. The van der Waals surface area contributed by atoms with E-state index in [1.807, 2.05) is 36.6 Å². The summed E-state index contributed by atoms with van der Waals surface area (Å²) in [5.41, 5.74) is 1.34. The molecule has 1 aliphatic heterocycles. The molecule has 1 saturated heterocycles. The van der Waals surface area contributed by atoms with Gasteiger partial charge in [0.05, 0.1) is 17.4 Å². The number of imide groups is 1. The minimum absolute atomic E-state index is 0.0335. The van der Waals surface area contributed by atoms with Gasteiger partial charge in [-0.1, -0.05) is 11.6 Å².